The zero-order valence-electron chi connectivity index (χ0n) is 12.8. The van der Waals surface area contributed by atoms with Gasteiger partial charge in [0.05, 0.1) is 12.2 Å². The molecule has 1 aliphatic heterocycles. The number of nitrogens with one attached hydrogen (secondary N) is 1. The molecule has 3 N–H and O–H groups in total. The summed E-state index contributed by atoms with van der Waals surface area (Å²) in [6.45, 7) is 0.849. The molecule has 4 rings (SSSR count). The average molecular weight is 374 g/mol. The van der Waals surface area contributed by atoms with E-state index >= 15 is 0 Å². The third kappa shape index (κ3) is 2.69. The Hall–Kier alpha value is -2.37. The van der Waals surface area contributed by atoms with Crippen molar-refractivity contribution in [3.63, 3.8) is 0 Å². The molecule has 2 aromatic rings. The number of hydrogen-bond acceptors (Lipinski definition) is 7. The molecule has 2 aromatic heterocycles. The zero-order chi connectivity index (χ0) is 17.8. The number of rotatable bonds is 3. The minimum Gasteiger partial charge on any atom is -0.351 e. The first-order chi connectivity index (χ1) is 11.8. The second-order valence-electron chi connectivity index (χ2n) is 6.03. The van der Waals surface area contributed by atoms with Gasteiger partial charge in [0.2, 0.25) is 0 Å². The summed E-state index contributed by atoms with van der Waals surface area (Å²) in [5, 5.41) is 6.36. The summed E-state index contributed by atoms with van der Waals surface area (Å²) in [6.07, 6.45) is -3.86. The van der Waals surface area contributed by atoms with Crippen LogP contribution in [0.2, 0.25) is 0 Å². The molecule has 0 atom stereocenters. The smallest absolute Gasteiger partial charge is 0.351 e. The van der Waals surface area contributed by atoms with Gasteiger partial charge >= 0.3 is 18.2 Å². The van der Waals surface area contributed by atoms with E-state index < -0.39 is 17.6 Å². The van der Waals surface area contributed by atoms with Gasteiger partial charge in [-0.15, -0.1) is 0 Å². The van der Waals surface area contributed by atoms with E-state index in [4.69, 9.17) is 10.3 Å². The van der Waals surface area contributed by atoms with Gasteiger partial charge in [-0.25, -0.2) is 9.78 Å². The van der Waals surface area contributed by atoms with E-state index in [0.29, 0.717) is 24.6 Å². The summed E-state index contributed by atoms with van der Waals surface area (Å²) < 4.78 is 44.5. The number of nitrogens with two attached hydrogens (primary N) is 1. The average Bonchev–Trinajstić information content (AvgIpc) is 3.03. The molecule has 8 nitrogen and oxygen atoms in total. The van der Waals surface area contributed by atoms with Gasteiger partial charge < -0.3 is 15.2 Å². The second-order valence-corrected chi connectivity index (χ2v) is 7.11. The molecule has 0 bridgehead atoms. The van der Waals surface area contributed by atoms with Crippen molar-refractivity contribution in [2.75, 3.05) is 16.8 Å². The lowest BCUT2D eigenvalue weighted by atomic mass is 10.1. The van der Waals surface area contributed by atoms with Crippen molar-refractivity contribution < 1.29 is 22.5 Å². The Morgan fingerprint density at radius 2 is 2.12 bits per heavy atom. The van der Waals surface area contributed by atoms with Crippen molar-refractivity contribution in [3.05, 3.63) is 16.4 Å². The van der Waals surface area contributed by atoms with Crippen LogP contribution in [0.15, 0.2) is 4.52 Å². The van der Waals surface area contributed by atoms with Gasteiger partial charge in [0.25, 0.3) is 0 Å². The van der Waals surface area contributed by atoms with Crippen LogP contribution in [0.25, 0.3) is 0 Å². The molecule has 0 unspecified atom stereocenters. The van der Waals surface area contributed by atoms with E-state index in [2.05, 4.69) is 20.4 Å². The summed E-state index contributed by atoms with van der Waals surface area (Å²) in [5.41, 5.74) is 3.92. The fourth-order valence-corrected chi connectivity index (χ4v) is 3.84. The maximum Gasteiger partial charge on any atom is 0.401 e. The van der Waals surface area contributed by atoms with Gasteiger partial charge in [0.1, 0.15) is 5.41 Å². The fraction of sp³-hybridized carbons (Fsp3) is 0.538. The molecule has 0 radical (unpaired) electrons. The number of urea groups is 1. The molecule has 0 aromatic carbocycles. The molecule has 1 aliphatic carbocycles. The van der Waals surface area contributed by atoms with Crippen LogP contribution >= 0.6 is 11.3 Å². The van der Waals surface area contributed by atoms with Gasteiger partial charge in [0.15, 0.2) is 11.0 Å². The van der Waals surface area contributed by atoms with E-state index in [-0.39, 0.29) is 24.7 Å². The summed E-state index contributed by atoms with van der Waals surface area (Å²) in [5.74, 6) is -0.304. The molecular weight excluding hydrogens is 361 g/mol. The van der Waals surface area contributed by atoms with Gasteiger partial charge in [-0.3, -0.25) is 5.32 Å². The predicted molar refractivity (Wildman–Crippen MR) is 81.3 cm³/mol. The molecule has 2 amide bonds. The number of nitrogens with zero attached hydrogens (tertiary/aromatic N) is 4. The molecule has 1 fully saturated rings. The fourth-order valence-electron chi connectivity index (χ4n) is 2.81. The Labute approximate surface area is 143 Å². The molecule has 134 valence electrons. The number of alkyl halides is 3. The number of carbonyl (C=O) groups excluding carboxylic acids is 1. The normalized spacial score (nSPS) is 18.8. The first kappa shape index (κ1) is 16.1. The highest BCUT2D eigenvalue weighted by Gasteiger charge is 2.67. The van der Waals surface area contributed by atoms with Crippen molar-refractivity contribution in [3.8, 4) is 0 Å². The van der Waals surface area contributed by atoms with Crippen molar-refractivity contribution in [2.24, 2.45) is 5.73 Å². The number of amides is 2. The maximum absolute atomic E-state index is 13.2. The Morgan fingerprint density at radius 3 is 2.76 bits per heavy atom. The molecule has 25 heavy (non-hydrogen) atoms. The topological polar surface area (TPSA) is 110 Å². The summed E-state index contributed by atoms with van der Waals surface area (Å²) in [6, 6.07) is -0.639. The minimum absolute atomic E-state index is 0.0172. The second kappa shape index (κ2) is 5.31. The Balaban J connectivity index is 1.53. The lowest BCUT2D eigenvalue weighted by Crippen LogP contribution is -2.31. The quantitative estimate of drug-likeness (QED) is 0.852. The number of primary amides is 1. The third-order valence-corrected chi connectivity index (χ3v) is 5.37. The van der Waals surface area contributed by atoms with E-state index in [1.54, 1.807) is 4.90 Å². The van der Waals surface area contributed by atoms with Crippen LogP contribution in [-0.4, -0.2) is 33.9 Å². The number of fused-ring (bicyclic) bond motifs is 1. The van der Waals surface area contributed by atoms with Gasteiger partial charge in [-0.1, -0.05) is 16.5 Å². The van der Waals surface area contributed by atoms with E-state index in [1.165, 1.54) is 11.3 Å². The number of hydrogen-bond donors (Lipinski definition) is 2. The molecule has 2 aliphatic rings. The predicted octanol–water partition coefficient (Wildman–Crippen LogP) is 2.17. The van der Waals surface area contributed by atoms with Gasteiger partial charge in [-0.2, -0.15) is 18.2 Å². The van der Waals surface area contributed by atoms with Crippen molar-refractivity contribution in [2.45, 2.75) is 37.4 Å². The highest BCUT2D eigenvalue weighted by atomic mass is 32.1. The van der Waals surface area contributed by atoms with Crippen LogP contribution in [0.3, 0.4) is 0 Å². The van der Waals surface area contributed by atoms with Crippen LogP contribution in [0.5, 0.6) is 0 Å². The number of carbonyl (C=O) groups is 1. The SMILES string of the molecule is NC(=O)Nc1nc2c(s1)CN(c1nc(C3(C(F)(F)F)CC3)no1)CC2. The highest BCUT2D eigenvalue weighted by Crippen LogP contribution is 2.58. The number of thiazole rings is 1. The van der Waals surface area contributed by atoms with Crippen LogP contribution < -0.4 is 16.0 Å². The summed E-state index contributed by atoms with van der Waals surface area (Å²) >= 11 is 1.26. The molecular formula is C13H13F3N6O2S. The van der Waals surface area contributed by atoms with Crippen LogP contribution in [0.1, 0.15) is 29.2 Å². The highest BCUT2D eigenvalue weighted by molar-refractivity contribution is 7.15. The maximum atomic E-state index is 13.2. The van der Waals surface area contributed by atoms with E-state index in [0.717, 1.165) is 10.6 Å². The van der Waals surface area contributed by atoms with E-state index in [9.17, 15) is 18.0 Å². The first-order valence-corrected chi connectivity index (χ1v) is 8.31. The molecule has 0 saturated heterocycles. The number of halogens is 3. The summed E-state index contributed by atoms with van der Waals surface area (Å²) in [7, 11) is 0. The minimum atomic E-state index is -4.38. The van der Waals surface area contributed by atoms with Crippen LogP contribution in [0.4, 0.5) is 29.1 Å². The number of anilines is 2. The largest absolute Gasteiger partial charge is 0.401 e. The Morgan fingerprint density at radius 1 is 1.36 bits per heavy atom. The summed E-state index contributed by atoms with van der Waals surface area (Å²) in [4.78, 5) is 21.7. The number of aromatic nitrogens is 3. The Bertz CT molecular complexity index is 828. The van der Waals surface area contributed by atoms with Crippen LogP contribution in [-0.2, 0) is 18.4 Å². The first-order valence-electron chi connectivity index (χ1n) is 7.49. The molecule has 12 heteroatoms. The van der Waals surface area contributed by atoms with E-state index in [1.807, 2.05) is 0 Å². The molecule has 0 spiro atoms. The standard InChI is InChI=1S/C13H13F3N6O2S/c14-13(15,16)12(2-3-12)8-19-11(24-21-8)22-4-1-6-7(5-22)25-10(18-6)20-9(17)23/h1-5H2,(H3,17,18,20,23). The molecule has 3 heterocycles. The van der Waals surface area contributed by atoms with Gasteiger partial charge in [0, 0.05) is 17.8 Å². The van der Waals surface area contributed by atoms with Crippen molar-refractivity contribution in [1.29, 1.82) is 0 Å². The van der Waals surface area contributed by atoms with Crippen LogP contribution in [0, 0.1) is 0 Å². The van der Waals surface area contributed by atoms with Crippen molar-refractivity contribution >= 4 is 28.5 Å². The van der Waals surface area contributed by atoms with Crippen molar-refractivity contribution in [1.82, 2.24) is 15.1 Å². The lowest BCUT2D eigenvalue weighted by Gasteiger charge is -2.23. The monoisotopic (exact) mass is 374 g/mol. The van der Waals surface area contributed by atoms with Gasteiger partial charge in [-0.05, 0) is 12.8 Å². The lowest BCUT2D eigenvalue weighted by molar-refractivity contribution is -0.162. The Kier molecular flexibility index (Phi) is 3.42. The molecule has 1 saturated carbocycles. The zero-order valence-corrected chi connectivity index (χ0v) is 13.6. The third-order valence-electron chi connectivity index (χ3n) is 4.37.